The first-order valence-electron chi connectivity index (χ1n) is 8.66. The van der Waals surface area contributed by atoms with Crippen LogP contribution in [0.1, 0.15) is 52.5 Å². The number of nitrogens with zero attached hydrogens (tertiary/aromatic N) is 2. The third-order valence-electron chi connectivity index (χ3n) is 5.15. The van der Waals surface area contributed by atoms with E-state index in [1.807, 2.05) is 13.8 Å². The number of thiazole rings is 1. The summed E-state index contributed by atoms with van der Waals surface area (Å²) in [7, 11) is 0. The first-order valence-corrected chi connectivity index (χ1v) is 9.47. The van der Waals surface area contributed by atoms with Gasteiger partial charge in [-0.15, -0.1) is 11.3 Å². The van der Waals surface area contributed by atoms with Gasteiger partial charge in [-0.25, -0.2) is 4.98 Å². The number of rotatable bonds is 4. The summed E-state index contributed by atoms with van der Waals surface area (Å²) in [5.74, 6) is 0.0336. The number of morpholine rings is 1. The van der Waals surface area contributed by atoms with Crippen molar-refractivity contribution in [2.24, 2.45) is 0 Å². The molecular formula is C17H27N3O2S. The lowest BCUT2D eigenvalue weighted by molar-refractivity contribution is -0.0361. The number of carbonyl (C=O) groups is 1. The molecule has 3 rings (SSSR count). The van der Waals surface area contributed by atoms with Crippen LogP contribution in [0.3, 0.4) is 0 Å². The minimum Gasteiger partial charge on any atom is -0.379 e. The molecule has 1 amide bonds. The molecule has 6 heteroatoms. The number of hydrogen-bond donors (Lipinski definition) is 1. The van der Waals surface area contributed by atoms with E-state index >= 15 is 0 Å². The Kier molecular flexibility index (Phi) is 5.34. The van der Waals surface area contributed by atoms with E-state index in [1.165, 1.54) is 43.4 Å². The summed E-state index contributed by atoms with van der Waals surface area (Å²) in [4.78, 5) is 20.2. The van der Waals surface area contributed by atoms with Crippen LogP contribution in [-0.2, 0) is 4.74 Å². The molecule has 0 spiro atoms. The molecule has 128 valence electrons. The zero-order valence-corrected chi connectivity index (χ0v) is 15.0. The maximum Gasteiger partial charge on any atom is 0.263 e. The molecule has 2 heterocycles. The fourth-order valence-electron chi connectivity index (χ4n) is 3.92. The van der Waals surface area contributed by atoms with Crippen molar-refractivity contribution < 1.29 is 9.53 Å². The Hall–Kier alpha value is -0.980. The van der Waals surface area contributed by atoms with Gasteiger partial charge in [0.05, 0.1) is 23.9 Å². The van der Waals surface area contributed by atoms with Crippen molar-refractivity contribution in [2.75, 3.05) is 32.8 Å². The summed E-state index contributed by atoms with van der Waals surface area (Å²) in [5, 5.41) is 4.16. The quantitative estimate of drug-likeness (QED) is 0.917. The van der Waals surface area contributed by atoms with E-state index in [0.717, 1.165) is 48.4 Å². The number of amides is 1. The van der Waals surface area contributed by atoms with E-state index < -0.39 is 0 Å². The third kappa shape index (κ3) is 3.75. The molecular weight excluding hydrogens is 310 g/mol. The topological polar surface area (TPSA) is 54.5 Å². The summed E-state index contributed by atoms with van der Waals surface area (Å²) in [6.07, 6.45) is 6.17. The maximum absolute atomic E-state index is 12.6. The number of nitrogens with one attached hydrogen (secondary N) is 1. The molecule has 0 bridgehead atoms. The number of aromatic nitrogens is 1. The summed E-state index contributed by atoms with van der Waals surface area (Å²) in [6.45, 7) is 8.18. The molecule has 1 N–H and O–H groups in total. The minimum absolute atomic E-state index is 0.0336. The van der Waals surface area contributed by atoms with E-state index in [2.05, 4.69) is 15.2 Å². The molecule has 1 saturated heterocycles. The van der Waals surface area contributed by atoms with Gasteiger partial charge in [0.15, 0.2) is 0 Å². The van der Waals surface area contributed by atoms with E-state index in [1.54, 1.807) is 0 Å². The van der Waals surface area contributed by atoms with Gasteiger partial charge in [-0.05, 0) is 26.7 Å². The highest BCUT2D eigenvalue weighted by Gasteiger charge is 2.39. The van der Waals surface area contributed by atoms with Crippen LogP contribution in [-0.4, -0.2) is 54.2 Å². The van der Waals surface area contributed by atoms with E-state index in [9.17, 15) is 4.79 Å². The Balaban J connectivity index is 1.68. The van der Waals surface area contributed by atoms with Crippen LogP contribution in [0.15, 0.2) is 0 Å². The fraction of sp³-hybridized carbons (Fsp3) is 0.765. The van der Waals surface area contributed by atoms with Gasteiger partial charge in [-0.2, -0.15) is 0 Å². The Morgan fingerprint density at radius 2 is 1.96 bits per heavy atom. The molecule has 1 saturated carbocycles. The Bertz CT molecular complexity index is 546. The lowest BCUT2D eigenvalue weighted by Crippen LogP contribution is -2.59. The van der Waals surface area contributed by atoms with Crippen LogP contribution >= 0.6 is 11.3 Å². The highest BCUT2D eigenvalue weighted by molar-refractivity contribution is 7.13. The van der Waals surface area contributed by atoms with Crippen molar-refractivity contribution in [2.45, 2.75) is 51.5 Å². The van der Waals surface area contributed by atoms with Crippen molar-refractivity contribution in [3.63, 3.8) is 0 Å². The van der Waals surface area contributed by atoms with Crippen LogP contribution in [0.25, 0.3) is 0 Å². The number of aryl methyl sites for hydroxylation is 2. The van der Waals surface area contributed by atoms with Crippen LogP contribution in [0.4, 0.5) is 0 Å². The first kappa shape index (κ1) is 16.9. The molecule has 1 aliphatic heterocycles. The molecule has 0 aromatic carbocycles. The van der Waals surface area contributed by atoms with Gasteiger partial charge in [-0.3, -0.25) is 9.69 Å². The molecule has 23 heavy (non-hydrogen) atoms. The number of ether oxygens (including phenoxy) is 1. The summed E-state index contributed by atoms with van der Waals surface area (Å²) < 4.78 is 5.51. The van der Waals surface area contributed by atoms with E-state index in [4.69, 9.17) is 4.74 Å². The predicted octanol–water partition coefficient (Wildman–Crippen LogP) is 2.52. The van der Waals surface area contributed by atoms with Crippen molar-refractivity contribution in [3.8, 4) is 0 Å². The Morgan fingerprint density at radius 1 is 1.26 bits per heavy atom. The minimum atomic E-state index is 0.0336. The molecule has 1 aromatic heterocycles. The van der Waals surface area contributed by atoms with Gasteiger partial charge in [-0.1, -0.05) is 19.3 Å². The Labute approximate surface area is 142 Å². The zero-order chi connectivity index (χ0) is 16.3. The number of carbonyl (C=O) groups excluding carboxylic acids is 1. The second-order valence-corrected chi connectivity index (χ2v) is 7.92. The second kappa shape index (κ2) is 7.28. The normalized spacial score (nSPS) is 22.0. The second-order valence-electron chi connectivity index (χ2n) is 6.71. The smallest absolute Gasteiger partial charge is 0.263 e. The van der Waals surface area contributed by atoms with Gasteiger partial charge in [0.25, 0.3) is 5.91 Å². The average molecular weight is 337 g/mol. The lowest BCUT2D eigenvalue weighted by atomic mass is 9.79. The van der Waals surface area contributed by atoms with E-state index in [-0.39, 0.29) is 11.4 Å². The standard InChI is InChI=1S/C17H27N3O2S/c1-13-15(23-14(2)19-13)16(21)18-12-17(6-4-3-5-7-17)20-8-10-22-11-9-20/h3-12H2,1-2H3,(H,18,21). The predicted molar refractivity (Wildman–Crippen MR) is 92.1 cm³/mol. The van der Waals surface area contributed by atoms with Gasteiger partial charge >= 0.3 is 0 Å². The Morgan fingerprint density at radius 3 is 2.57 bits per heavy atom. The highest BCUT2D eigenvalue weighted by Crippen LogP contribution is 2.34. The van der Waals surface area contributed by atoms with Crippen molar-refractivity contribution in [1.82, 2.24) is 15.2 Å². The third-order valence-corrected chi connectivity index (χ3v) is 6.23. The summed E-state index contributed by atoms with van der Waals surface area (Å²) in [6, 6.07) is 0. The summed E-state index contributed by atoms with van der Waals surface area (Å²) in [5.41, 5.74) is 0.958. The number of hydrogen-bond acceptors (Lipinski definition) is 5. The molecule has 1 aliphatic carbocycles. The molecule has 0 radical (unpaired) electrons. The molecule has 2 aliphatic rings. The van der Waals surface area contributed by atoms with Crippen LogP contribution in [0, 0.1) is 13.8 Å². The van der Waals surface area contributed by atoms with Crippen molar-refractivity contribution >= 4 is 17.2 Å². The molecule has 2 fully saturated rings. The maximum atomic E-state index is 12.6. The van der Waals surface area contributed by atoms with Gasteiger partial charge in [0.2, 0.25) is 0 Å². The van der Waals surface area contributed by atoms with Crippen LogP contribution in [0.2, 0.25) is 0 Å². The fourth-order valence-corrected chi connectivity index (χ4v) is 4.76. The van der Waals surface area contributed by atoms with Crippen molar-refractivity contribution in [3.05, 3.63) is 15.6 Å². The average Bonchev–Trinajstić information content (AvgIpc) is 2.93. The molecule has 1 aromatic rings. The lowest BCUT2D eigenvalue weighted by Gasteiger charge is -2.48. The summed E-state index contributed by atoms with van der Waals surface area (Å²) >= 11 is 1.49. The van der Waals surface area contributed by atoms with E-state index in [0.29, 0.717) is 0 Å². The van der Waals surface area contributed by atoms with Crippen LogP contribution < -0.4 is 5.32 Å². The van der Waals surface area contributed by atoms with Gasteiger partial charge in [0, 0.05) is 25.2 Å². The zero-order valence-electron chi connectivity index (χ0n) is 14.2. The first-order chi connectivity index (χ1) is 11.1. The monoisotopic (exact) mass is 337 g/mol. The SMILES string of the molecule is Cc1nc(C)c(C(=O)NCC2(N3CCOCC3)CCCCC2)s1. The molecule has 0 atom stereocenters. The van der Waals surface area contributed by atoms with Gasteiger partial charge < -0.3 is 10.1 Å². The van der Waals surface area contributed by atoms with Gasteiger partial charge in [0.1, 0.15) is 4.88 Å². The molecule has 0 unspecified atom stereocenters. The largest absolute Gasteiger partial charge is 0.379 e. The van der Waals surface area contributed by atoms with Crippen LogP contribution in [0.5, 0.6) is 0 Å². The van der Waals surface area contributed by atoms with Crippen molar-refractivity contribution in [1.29, 1.82) is 0 Å². The molecule has 5 nitrogen and oxygen atoms in total. The highest BCUT2D eigenvalue weighted by atomic mass is 32.1.